The van der Waals surface area contributed by atoms with Crippen molar-refractivity contribution in [2.45, 2.75) is 25.3 Å². The van der Waals surface area contributed by atoms with E-state index in [1.807, 2.05) is 30.3 Å². The molecule has 26 heavy (non-hydrogen) atoms. The number of aliphatic imine (C=N–C) groups is 1. The Hall–Kier alpha value is -2.11. The number of fused-ring (bicyclic) bond motifs is 1. The van der Waals surface area contributed by atoms with Gasteiger partial charge in [-0.25, -0.2) is 4.99 Å². The second-order valence-corrected chi connectivity index (χ2v) is 7.63. The van der Waals surface area contributed by atoms with Crippen LogP contribution in [0.25, 0.3) is 0 Å². The van der Waals surface area contributed by atoms with Crippen molar-refractivity contribution >= 4 is 38.9 Å². The summed E-state index contributed by atoms with van der Waals surface area (Å²) in [4.78, 5) is 33.2. The highest BCUT2D eigenvalue weighted by atomic mass is 79.9. The summed E-state index contributed by atoms with van der Waals surface area (Å²) >= 11 is 3.44. The number of nitrogens with zero attached hydrogens (tertiary/aromatic N) is 2. The first-order valence-corrected chi connectivity index (χ1v) is 9.70. The summed E-state index contributed by atoms with van der Waals surface area (Å²) in [5.74, 6) is -0.161. The zero-order valence-electron chi connectivity index (χ0n) is 14.3. The Morgan fingerprint density at radius 1 is 0.923 bits per heavy atom. The molecule has 1 atom stereocenters. The van der Waals surface area contributed by atoms with Crippen LogP contribution in [0.3, 0.4) is 0 Å². The van der Waals surface area contributed by atoms with Gasteiger partial charge in [0, 0.05) is 15.6 Å². The average Bonchev–Trinajstić information content (AvgIpc) is 2.67. The molecule has 0 saturated carbocycles. The molecule has 0 radical (unpaired) electrons. The van der Waals surface area contributed by atoms with E-state index in [2.05, 4.69) is 25.8 Å². The van der Waals surface area contributed by atoms with Gasteiger partial charge in [-0.2, -0.15) is 0 Å². The molecule has 5 heteroatoms. The maximum absolute atomic E-state index is 13.2. The summed E-state index contributed by atoms with van der Waals surface area (Å²) in [6.45, 7) is 1.65. The summed E-state index contributed by atoms with van der Waals surface area (Å²) in [6, 6.07) is 14.0. The number of likely N-dealkylation sites (tertiary alicyclic amines) is 1. The fourth-order valence-electron chi connectivity index (χ4n) is 3.74. The van der Waals surface area contributed by atoms with Gasteiger partial charge in [0.05, 0.1) is 5.69 Å². The van der Waals surface area contributed by atoms with Gasteiger partial charge >= 0.3 is 0 Å². The molecule has 4 rings (SSSR count). The molecule has 132 valence electrons. The molecule has 0 bridgehead atoms. The number of ketones is 2. The Morgan fingerprint density at radius 3 is 2.38 bits per heavy atom. The lowest BCUT2D eigenvalue weighted by Crippen LogP contribution is -2.54. The second kappa shape index (κ2) is 7.25. The van der Waals surface area contributed by atoms with Crippen LogP contribution >= 0.6 is 15.9 Å². The normalized spacial score (nSPS) is 22.5. The first-order chi connectivity index (χ1) is 12.6. The van der Waals surface area contributed by atoms with Crippen molar-refractivity contribution in [2.75, 3.05) is 13.1 Å². The molecule has 2 aliphatic rings. The second-order valence-electron chi connectivity index (χ2n) is 6.72. The van der Waals surface area contributed by atoms with Crippen molar-refractivity contribution in [1.29, 1.82) is 0 Å². The minimum absolute atomic E-state index is 0.0177. The number of carbonyl (C=O) groups is 2. The Morgan fingerprint density at radius 2 is 1.65 bits per heavy atom. The molecule has 4 nitrogen and oxygen atoms in total. The number of rotatable bonds is 2. The van der Waals surface area contributed by atoms with Gasteiger partial charge in [-0.3, -0.25) is 14.5 Å². The van der Waals surface area contributed by atoms with Gasteiger partial charge in [0.1, 0.15) is 11.8 Å². The number of Topliss-reactive ketones (excluding diaryl/α,β-unsaturated/α-hetero) is 2. The summed E-state index contributed by atoms with van der Waals surface area (Å²) in [5, 5.41) is 0. The van der Waals surface area contributed by atoms with Gasteiger partial charge in [0.25, 0.3) is 0 Å². The Balaban J connectivity index is 1.84. The lowest BCUT2D eigenvalue weighted by atomic mass is 9.83. The predicted octanol–water partition coefficient (Wildman–Crippen LogP) is 4.46. The van der Waals surface area contributed by atoms with Crippen LogP contribution in [0.5, 0.6) is 0 Å². The lowest BCUT2D eigenvalue weighted by molar-refractivity contribution is 0.0831. The Kier molecular flexibility index (Phi) is 4.83. The summed E-state index contributed by atoms with van der Waals surface area (Å²) in [7, 11) is 0. The zero-order chi connectivity index (χ0) is 18.1. The third-order valence-electron chi connectivity index (χ3n) is 4.99. The highest BCUT2D eigenvalue weighted by Crippen LogP contribution is 2.28. The third kappa shape index (κ3) is 3.17. The monoisotopic (exact) mass is 410 g/mol. The molecule has 1 aliphatic heterocycles. The molecule has 1 saturated heterocycles. The summed E-state index contributed by atoms with van der Waals surface area (Å²) < 4.78 is 0.892. The van der Waals surface area contributed by atoms with Gasteiger partial charge in [-0.15, -0.1) is 0 Å². The van der Waals surface area contributed by atoms with E-state index in [4.69, 9.17) is 0 Å². The standard InChI is InChI=1S/C21H19BrN2O2/c22-14-7-6-8-15(13-14)23-18-19(24-11-4-1-5-12-24)21(26)17-10-3-2-9-16(17)20(18)25/h2-3,6-10,13,19H,1,4-5,11-12H2. The first-order valence-electron chi connectivity index (χ1n) is 8.91. The smallest absolute Gasteiger partial charge is 0.210 e. The van der Waals surface area contributed by atoms with E-state index in [1.165, 1.54) is 6.42 Å². The van der Waals surface area contributed by atoms with Crippen molar-refractivity contribution in [3.05, 3.63) is 64.1 Å². The fourth-order valence-corrected chi connectivity index (χ4v) is 4.13. The number of halogens is 1. The zero-order valence-corrected chi connectivity index (χ0v) is 15.9. The Labute approximate surface area is 161 Å². The van der Waals surface area contributed by atoms with Crippen LogP contribution in [0.2, 0.25) is 0 Å². The molecule has 0 aromatic heterocycles. The van der Waals surface area contributed by atoms with Gasteiger partial charge in [-0.05, 0) is 44.1 Å². The van der Waals surface area contributed by atoms with Crippen molar-refractivity contribution in [3.63, 3.8) is 0 Å². The molecule has 2 aromatic rings. The average molecular weight is 411 g/mol. The molecule has 0 spiro atoms. The van der Waals surface area contributed by atoms with E-state index in [0.29, 0.717) is 22.5 Å². The van der Waals surface area contributed by atoms with Crippen LogP contribution in [-0.4, -0.2) is 41.3 Å². The number of hydrogen-bond acceptors (Lipinski definition) is 4. The summed E-state index contributed by atoms with van der Waals surface area (Å²) in [6.07, 6.45) is 3.26. The fraction of sp³-hybridized carbons (Fsp3) is 0.286. The maximum Gasteiger partial charge on any atom is 0.210 e. The van der Waals surface area contributed by atoms with Gasteiger partial charge in [-0.1, -0.05) is 52.7 Å². The SMILES string of the molecule is O=C1C(=Nc2cccc(Br)c2)C(N2CCCCC2)C(=O)c2ccccc21. The molecular formula is C21H19BrN2O2. The van der Waals surface area contributed by atoms with Crippen molar-refractivity contribution in [2.24, 2.45) is 4.99 Å². The van der Waals surface area contributed by atoms with E-state index < -0.39 is 6.04 Å². The topological polar surface area (TPSA) is 49.7 Å². The number of carbonyl (C=O) groups excluding carboxylic acids is 2. The first kappa shape index (κ1) is 17.3. The van der Waals surface area contributed by atoms with E-state index in [1.54, 1.807) is 18.2 Å². The number of hydrogen-bond donors (Lipinski definition) is 0. The van der Waals surface area contributed by atoms with Gasteiger partial charge in [0.2, 0.25) is 5.78 Å². The quantitative estimate of drug-likeness (QED) is 0.734. The molecule has 1 fully saturated rings. The van der Waals surface area contributed by atoms with Crippen LogP contribution < -0.4 is 0 Å². The van der Waals surface area contributed by atoms with Crippen molar-refractivity contribution in [1.82, 2.24) is 4.90 Å². The highest BCUT2D eigenvalue weighted by molar-refractivity contribution is 9.10. The van der Waals surface area contributed by atoms with E-state index >= 15 is 0 Å². The molecule has 1 heterocycles. The number of piperidine rings is 1. The predicted molar refractivity (Wildman–Crippen MR) is 106 cm³/mol. The summed E-state index contributed by atoms with van der Waals surface area (Å²) in [5.41, 5.74) is 1.99. The van der Waals surface area contributed by atoms with Crippen LogP contribution in [0.1, 0.15) is 40.0 Å². The Bertz CT molecular complexity index is 900. The molecular weight excluding hydrogens is 392 g/mol. The molecule has 0 amide bonds. The van der Waals surface area contributed by atoms with Crippen LogP contribution in [0.15, 0.2) is 58.0 Å². The minimum Gasteiger partial charge on any atom is -0.292 e. The van der Waals surface area contributed by atoms with Crippen molar-refractivity contribution < 1.29 is 9.59 Å². The lowest BCUT2D eigenvalue weighted by Gasteiger charge is -2.36. The molecule has 1 aliphatic carbocycles. The molecule has 1 unspecified atom stereocenters. The van der Waals surface area contributed by atoms with E-state index in [9.17, 15) is 9.59 Å². The van der Waals surface area contributed by atoms with Crippen molar-refractivity contribution in [3.8, 4) is 0 Å². The van der Waals surface area contributed by atoms with E-state index in [-0.39, 0.29) is 11.6 Å². The third-order valence-corrected chi connectivity index (χ3v) is 5.48. The van der Waals surface area contributed by atoms with Gasteiger partial charge < -0.3 is 0 Å². The maximum atomic E-state index is 13.2. The largest absolute Gasteiger partial charge is 0.292 e. The highest BCUT2D eigenvalue weighted by Gasteiger charge is 2.41. The number of benzene rings is 2. The minimum atomic E-state index is -0.586. The van der Waals surface area contributed by atoms with Crippen LogP contribution in [-0.2, 0) is 0 Å². The van der Waals surface area contributed by atoms with E-state index in [0.717, 1.165) is 30.4 Å². The van der Waals surface area contributed by atoms with Crippen LogP contribution in [0.4, 0.5) is 5.69 Å². The van der Waals surface area contributed by atoms with Crippen LogP contribution in [0, 0.1) is 0 Å². The van der Waals surface area contributed by atoms with Gasteiger partial charge in [0.15, 0.2) is 5.78 Å². The molecule has 2 aromatic carbocycles. The molecule has 0 N–H and O–H groups in total.